The molecule has 0 fully saturated rings. The number of thiazole rings is 1. The van der Waals surface area contributed by atoms with Gasteiger partial charge in [-0.05, 0) is 36.4 Å². The summed E-state index contributed by atoms with van der Waals surface area (Å²) in [7, 11) is 0. The van der Waals surface area contributed by atoms with Gasteiger partial charge < -0.3 is 5.32 Å². The average molecular weight is 273 g/mol. The molecule has 0 aliphatic rings. The maximum absolute atomic E-state index is 12.8. The van der Waals surface area contributed by atoms with E-state index in [4.69, 9.17) is 0 Å². The fraction of sp³-hybridized carbons (Fsp3) is 0. The van der Waals surface area contributed by atoms with Gasteiger partial charge in [0.1, 0.15) is 16.2 Å². The van der Waals surface area contributed by atoms with Crippen molar-refractivity contribution >= 4 is 33.3 Å². The number of hydrogen-bond acceptors (Lipinski definition) is 4. The summed E-state index contributed by atoms with van der Waals surface area (Å²) in [6.45, 7) is 0. The number of rotatable bonds is 2. The Labute approximate surface area is 111 Å². The number of pyridine rings is 1. The standard InChI is InChI=1S/C13H8FN3OS/c14-8-3-5-9(6-4-8)16-11(18)13-17-10-2-1-7-15-12(10)19-13/h1-7H,(H,16,18). The first-order valence-corrected chi connectivity index (χ1v) is 6.32. The minimum Gasteiger partial charge on any atom is -0.320 e. The van der Waals surface area contributed by atoms with Crippen LogP contribution in [0.5, 0.6) is 0 Å². The molecule has 0 bridgehead atoms. The molecule has 3 aromatic rings. The number of aromatic nitrogens is 2. The van der Waals surface area contributed by atoms with Gasteiger partial charge in [-0.3, -0.25) is 4.79 Å². The molecule has 0 aliphatic carbocycles. The van der Waals surface area contributed by atoms with Gasteiger partial charge in [0.15, 0.2) is 5.01 Å². The molecule has 0 unspecified atom stereocenters. The first-order chi connectivity index (χ1) is 9.22. The monoisotopic (exact) mass is 273 g/mol. The highest BCUT2D eigenvalue weighted by atomic mass is 32.1. The average Bonchev–Trinajstić information content (AvgIpc) is 2.85. The Morgan fingerprint density at radius 1 is 1.21 bits per heavy atom. The van der Waals surface area contributed by atoms with Crippen LogP contribution in [0.1, 0.15) is 9.80 Å². The first-order valence-electron chi connectivity index (χ1n) is 5.51. The first kappa shape index (κ1) is 11.7. The quantitative estimate of drug-likeness (QED) is 0.780. The third-order valence-corrected chi connectivity index (χ3v) is 3.44. The smallest absolute Gasteiger partial charge is 0.284 e. The molecule has 0 aliphatic heterocycles. The summed E-state index contributed by atoms with van der Waals surface area (Å²) in [6.07, 6.45) is 1.65. The second kappa shape index (κ2) is 4.74. The van der Waals surface area contributed by atoms with Crippen molar-refractivity contribution in [1.82, 2.24) is 9.97 Å². The molecule has 1 amide bonds. The molecule has 94 valence electrons. The van der Waals surface area contributed by atoms with E-state index in [2.05, 4.69) is 15.3 Å². The van der Waals surface area contributed by atoms with Crippen LogP contribution in [0.15, 0.2) is 42.6 Å². The molecule has 1 aromatic carbocycles. The minimum absolute atomic E-state index is 0.324. The molecule has 0 saturated heterocycles. The zero-order valence-corrected chi connectivity index (χ0v) is 10.4. The molecule has 1 N–H and O–H groups in total. The molecule has 2 heterocycles. The summed E-state index contributed by atoms with van der Waals surface area (Å²) in [4.78, 5) is 21.0. The van der Waals surface area contributed by atoms with Gasteiger partial charge in [0.2, 0.25) is 0 Å². The van der Waals surface area contributed by atoms with Crippen molar-refractivity contribution in [3.05, 3.63) is 53.4 Å². The SMILES string of the molecule is O=C(Nc1ccc(F)cc1)c1nc2cccnc2s1. The number of benzene rings is 1. The number of nitrogens with one attached hydrogen (secondary N) is 1. The molecule has 0 atom stereocenters. The molecule has 0 radical (unpaired) electrons. The van der Waals surface area contributed by atoms with Crippen LogP contribution in [0.2, 0.25) is 0 Å². The lowest BCUT2D eigenvalue weighted by Gasteiger charge is -2.01. The van der Waals surface area contributed by atoms with Crippen molar-refractivity contribution < 1.29 is 9.18 Å². The summed E-state index contributed by atoms with van der Waals surface area (Å²) in [5.41, 5.74) is 1.22. The van der Waals surface area contributed by atoms with Gasteiger partial charge in [-0.2, -0.15) is 0 Å². The number of carbonyl (C=O) groups excluding carboxylic acids is 1. The van der Waals surface area contributed by atoms with Crippen molar-refractivity contribution in [2.24, 2.45) is 0 Å². The van der Waals surface area contributed by atoms with Crippen LogP contribution in [-0.2, 0) is 0 Å². The second-order valence-electron chi connectivity index (χ2n) is 3.81. The zero-order valence-electron chi connectivity index (χ0n) is 9.63. The Morgan fingerprint density at radius 3 is 2.74 bits per heavy atom. The fourth-order valence-electron chi connectivity index (χ4n) is 1.58. The molecule has 19 heavy (non-hydrogen) atoms. The number of fused-ring (bicyclic) bond motifs is 1. The number of anilines is 1. The summed E-state index contributed by atoms with van der Waals surface area (Å²) in [5.74, 6) is -0.670. The van der Waals surface area contributed by atoms with Crippen molar-refractivity contribution in [1.29, 1.82) is 0 Å². The van der Waals surface area contributed by atoms with Crippen LogP contribution >= 0.6 is 11.3 Å². The third-order valence-electron chi connectivity index (χ3n) is 2.46. The summed E-state index contributed by atoms with van der Waals surface area (Å²) < 4.78 is 12.8. The van der Waals surface area contributed by atoms with Crippen molar-refractivity contribution in [2.75, 3.05) is 5.32 Å². The molecule has 4 nitrogen and oxygen atoms in total. The van der Waals surface area contributed by atoms with Gasteiger partial charge in [0.25, 0.3) is 5.91 Å². The highest BCUT2D eigenvalue weighted by Gasteiger charge is 2.12. The van der Waals surface area contributed by atoms with Crippen LogP contribution in [-0.4, -0.2) is 15.9 Å². The minimum atomic E-state index is -0.345. The van der Waals surface area contributed by atoms with Gasteiger partial charge in [-0.1, -0.05) is 11.3 Å². The predicted octanol–water partition coefficient (Wildman–Crippen LogP) is 3.08. The predicted molar refractivity (Wildman–Crippen MR) is 71.8 cm³/mol. The number of carbonyl (C=O) groups is 1. The highest BCUT2D eigenvalue weighted by molar-refractivity contribution is 7.20. The molecule has 3 rings (SSSR count). The van der Waals surface area contributed by atoms with E-state index in [-0.39, 0.29) is 11.7 Å². The Balaban J connectivity index is 1.85. The van der Waals surface area contributed by atoms with Crippen LogP contribution in [0.4, 0.5) is 10.1 Å². The molecule has 2 aromatic heterocycles. The van der Waals surface area contributed by atoms with Crippen molar-refractivity contribution in [2.45, 2.75) is 0 Å². The van der Waals surface area contributed by atoms with Crippen LogP contribution in [0, 0.1) is 5.82 Å². The van der Waals surface area contributed by atoms with E-state index in [0.29, 0.717) is 21.0 Å². The van der Waals surface area contributed by atoms with E-state index < -0.39 is 0 Å². The Kier molecular flexibility index (Phi) is 2.92. The maximum atomic E-state index is 12.8. The third kappa shape index (κ3) is 2.43. The summed E-state index contributed by atoms with van der Waals surface area (Å²) in [5, 5.41) is 2.99. The van der Waals surface area contributed by atoms with Crippen LogP contribution < -0.4 is 5.32 Å². The fourth-order valence-corrected chi connectivity index (χ4v) is 2.39. The van der Waals surface area contributed by atoms with Gasteiger partial charge in [0, 0.05) is 11.9 Å². The topological polar surface area (TPSA) is 54.9 Å². The number of halogens is 1. The normalized spacial score (nSPS) is 10.6. The van der Waals surface area contributed by atoms with Crippen LogP contribution in [0.3, 0.4) is 0 Å². The number of amides is 1. The maximum Gasteiger partial charge on any atom is 0.284 e. The number of nitrogens with zero attached hydrogens (tertiary/aromatic N) is 2. The summed E-state index contributed by atoms with van der Waals surface area (Å²) >= 11 is 1.22. The van der Waals surface area contributed by atoms with Crippen molar-refractivity contribution in [3.63, 3.8) is 0 Å². The van der Waals surface area contributed by atoms with Crippen molar-refractivity contribution in [3.8, 4) is 0 Å². The van der Waals surface area contributed by atoms with Gasteiger partial charge in [0.05, 0.1) is 0 Å². The lowest BCUT2D eigenvalue weighted by Crippen LogP contribution is -2.11. The van der Waals surface area contributed by atoms with Gasteiger partial charge in [-0.25, -0.2) is 14.4 Å². The Hall–Kier alpha value is -2.34. The molecule has 0 spiro atoms. The van der Waals surface area contributed by atoms with E-state index >= 15 is 0 Å². The van der Waals surface area contributed by atoms with E-state index in [1.165, 1.54) is 35.6 Å². The largest absolute Gasteiger partial charge is 0.320 e. The van der Waals surface area contributed by atoms with E-state index in [0.717, 1.165) is 0 Å². The molecular weight excluding hydrogens is 265 g/mol. The highest BCUT2D eigenvalue weighted by Crippen LogP contribution is 2.20. The second-order valence-corrected chi connectivity index (χ2v) is 4.79. The Morgan fingerprint density at radius 2 is 2.00 bits per heavy atom. The van der Waals surface area contributed by atoms with E-state index in [1.54, 1.807) is 18.3 Å². The van der Waals surface area contributed by atoms with Gasteiger partial charge in [-0.15, -0.1) is 0 Å². The lowest BCUT2D eigenvalue weighted by atomic mass is 10.3. The van der Waals surface area contributed by atoms with E-state index in [9.17, 15) is 9.18 Å². The zero-order chi connectivity index (χ0) is 13.2. The van der Waals surface area contributed by atoms with Crippen LogP contribution in [0.25, 0.3) is 10.3 Å². The number of hydrogen-bond donors (Lipinski definition) is 1. The molecule has 0 saturated carbocycles. The molecule has 6 heteroatoms. The molecular formula is C13H8FN3OS. The Bertz CT molecular complexity index is 706. The lowest BCUT2D eigenvalue weighted by molar-refractivity contribution is 0.102. The van der Waals surface area contributed by atoms with E-state index in [1.807, 2.05) is 0 Å². The summed E-state index contributed by atoms with van der Waals surface area (Å²) in [6, 6.07) is 9.14. The van der Waals surface area contributed by atoms with Gasteiger partial charge >= 0.3 is 0 Å².